The molecule has 0 unspecified atom stereocenters. The first-order chi connectivity index (χ1) is 12.7. The number of amides is 1. The third-order valence-corrected chi connectivity index (χ3v) is 5.55. The monoisotopic (exact) mass is 356 g/mol. The van der Waals surface area contributed by atoms with E-state index in [0.717, 1.165) is 30.1 Å². The second kappa shape index (κ2) is 7.70. The summed E-state index contributed by atoms with van der Waals surface area (Å²) in [5.74, 6) is 2.92. The number of carbonyl (C=O) groups is 1. The molecule has 5 nitrogen and oxygen atoms in total. The number of hydrogen-bond donors (Lipinski definition) is 0. The molecule has 0 aliphatic heterocycles. The number of carbonyl (C=O) groups excluding carboxylic acids is 1. The molecule has 0 radical (unpaired) electrons. The van der Waals surface area contributed by atoms with Crippen LogP contribution in [0.4, 0.5) is 0 Å². The molecule has 0 spiro atoms. The normalized spacial score (nSPS) is 17.9. The summed E-state index contributed by atoms with van der Waals surface area (Å²) in [6.07, 6.45) is 8.78. The van der Waals surface area contributed by atoms with E-state index in [9.17, 15) is 4.79 Å². The zero-order valence-corrected chi connectivity index (χ0v) is 15.5. The quantitative estimate of drug-likeness (QED) is 0.714. The Morgan fingerprint density at radius 2 is 1.85 bits per heavy atom. The van der Waals surface area contributed by atoms with E-state index in [1.807, 2.05) is 36.1 Å². The Kier molecular flexibility index (Phi) is 5.16. The predicted molar refractivity (Wildman–Crippen MR) is 98.4 cm³/mol. The van der Waals surface area contributed by atoms with Crippen LogP contribution in [0.25, 0.3) is 0 Å². The molecule has 2 aliphatic carbocycles. The average molecular weight is 356 g/mol. The highest BCUT2D eigenvalue weighted by atomic mass is 16.3. The van der Waals surface area contributed by atoms with Gasteiger partial charge in [0.05, 0.1) is 25.9 Å². The topological polar surface area (TPSA) is 49.8 Å². The van der Waals surface area contributed by atoms with Gasteiger partial charge in [0.25, 0.3) is 0 Å². The number of aryl methyl sites for hydroxylation is 1. The lowest BCUT2D eigenvalue weighted by Crippen LogP contribution is -2.44. The molecule has 0 bridgehead atoms. The minimum Gasteiger partial charge on any atom is -0.468 e. The molecule has 0 saturated heterocycles. The molecular weight excluding hydrogens is 328 g/mol. The van der Waals surface area contributed by atoms with Gasteiger partial charge in [-0.3, -0.25) is 9.69 Å². The lowest BCUT2D eigenvalue weighted by molar-refractivity contribution is -0.134. The van der Waals surface area contributed by atoms with Crippen LogP contribution in [0, 0.1) is 6.92 Å². The fraction of sp³-hybridized carbons (Fsp3) is 0.571. The van der Waals surface area contributed by atoms with E-state index in [0.29, 0.717) is 31.7 Å². The summed E-state index contributed by atoms with van der Waals surface area (Å²) in [4.78, 5) is 17.5. The molecular formula is C21H28N2O3. The zero-order valence-electron chi connectivity index (χ0n) is 15.5. The van der Waals surface area contributed by atoms with Crippen molar-refractivity contribution < 1.29 is 13.6 Å². The van der Waals surface area contributed by atoms with Gasteiger partial charge in [-0.05, 0) is 56.9 Å². The molecule has 2 fully saturated rings. The Balaban J connectivity index is 1.44. The fourth-order valence-corrected chi connectivity index (χ4v) is 4.00. The van der Waals surface area contributed by atoms with Crippen LogP contribution in [0.2, 0.25) is 0 Å². The summed E-state index contributed by atoms with van der Waals surface area (Å²) in [5.41, 5.74) is 0. The van der Waals surface area contributed by atoms with Gasteiger partial charge in [0.15, 0.2) is 0 Å². The van der Waals surface area contributed by atoms with Crippen LogP contribution in [0.1, 0.15) is 55.8 Å². The first-order valence-electron chi connectivity index (χ1n) is 9.80. The lowest BCUT2D eigenvalue weighted by Gasteiger charge is -2.30. The smallest absolute Gasteiger partial charge is 0.237 e. The van der Waals surface area contributed by atoms with Crippen LogP contribution < -0.4 is 0 Å². The SMILES string of the molecule is Cc1ccc(CN(C(=O)CN(Cc2ccco2)C2CCCC2)C2CC2)o1. The Morgan fingerprint density at radius 1 is 1.04 bits per heavy atom. The predicted octanol–water partition coefficient (Wildman–Crippen LogP) is 4.12. The molecule has 2 aromatic rings. The molecule has 4 rings (SSSR count). The Labute approximate surface area is 154 Å². The first kappa shape index (κ1) is 17.4. The van der Waals surface area contributed by atoms with Crippen LogP contribution in [-0.2, 0) is 17.9 Å². The van der Waals surface area contributed by atoms with Gasteiger partial charge in [-0.2, -0.15) is 0 Å². The molecule has 0 N–H and O–H groups in total. The standard InChI is InChI=1S/C21H28N2O3/c1-16-8-11-20(26-16)14-23(18-9-10-18)21(24)15-22(17-5-2-3-6-17)13-19-7-4-12-25-19/h4,7-8,11-12,17-18H,2-3,5-6,9-10,13-15H2,1H3. The summed E-state index contributed by atoms with van der Waals surface area (Å²) in [6, 6.07) is 8.72. The molecule has 5 heteroatoms. The van der Waals surface area contributed by atoms with E-state index in [2.05, 4.69) is 4.90 Å². The summed E-state index contributed by atoms with van der Waals surface area (Å²) in [5, 5.41) is 0. The van der Waals surface area contributed by atoms with Crippen LogP contribution in [-0.4, -0.2) is 34.3 Å². The van der Waals surface area contributed by atoms with Gasteiger partial charge >= 0.3 is 0 Å². The second-order valence-electron chi connectivity index (χ2n) is 7.69. The van der Waals surface area contributed by atoms with Crippen LogP contribution >= 0.6 is 0 Å². The van der Waals surface area contributed by atoms with Gasteiger partial charge < -0.3 is 13.7 Å². The van der Waals surface area contributed by atoms with Gasteiger partial charge in [-0.25, -0.2) is 0 Å². The molecule has 1 amide bonds. The van der Waals surface area contributed by atoms with Crippen LogP contribution in [0.5, 0.6) is 0 Å². The highest BCUT2D eigenvalue weighted by Crippen LogP contribution is 2.30. The molecule has 2 aliphatic rings. The maximum absolute atomic E-state index is 13.1. The van der Waals surface area contributed by atoms with E-state index >= 15 is 0 Å². The summed E-state index contributed by atoms with van der Waals surface area (Å²) in [7, 11) is 0. The van der Waals surface area contributed by atoms with Crippen molar-refractivity contribution >= 4 is 5.91 Å². The first-order valence-corrected chi connectivity index (χ1v) is 9.80. The van der Waals surface area contributed by atoms with Crippen LogP contribution in [0.15, 0.2) is 39.4 Å². The van der Waals surface area contributed by atoms with Gasteiger partial charge in [-0.15, -0.1) is 0 Å². The van der Waals surface area contributed by atoms with Crippen molar-refractivity contribution in [3.8, 4) is 0 Å². The van der Waals surface area contributed by atoms with E-state index in [-0.39, 0.29) is 5.91 Å². The maximum Gasteiger partial charge on any atom is 0.237 e. The highest BCUT2D eigenvalue weighted by Gasteiger charge is 2.35. The summed E-state index contributed by atoms with van der Waals surface area (Å²) in [6.45, 7) is 3.69. The molecule has 26 heavy (non-hydrogen) atoms. The van der Waals surface area contributed by atoms with Crippen molar-refractivity contribution in [2.45, 2.75) is 70.6 Å². The summed E-state index contributed by atoms with van der Waals surface area (Å²) >= 11 is 0. The number of rotatable bonds is 8. The third-order valence-electron chi connectivity index (χ3n) is 5.55. The zero-order chi connectivity index (χ0) is 17.9. The Morgan fingerprint density at radius 3 is 2.46 bits per heavy atom. The van der Waals surface area contributed by atoms with Crippen molar-refractivity contribution in [3.63, 3.8) is 0 Å². The number of nitrogens with zero attached hydrogens (tertiary/aromatic N) is 2. The van der Waals surface area contributed by atoms with E-state index in [1.54, 1.807) is 6.26 Å². The Hall–Kier alpha value is -2.01. The molecule has 2 saturated carbocycles. The second-order valence-corrected chi connectivity index (χ2v) is 7.69. The van der Waals surface area contributed by atoms with E-state index in [1.165, 1.54) is 25.7 Å². The molecule has 0 aromatic carbocycles. The summed E-state index contributed by atoms with van der Waals surface area (Å²) < 4.78 is 11.3. The van der Waals surface area contributed by atoms with Gasteiger partial charge in [0.1, 0.15) is 17.3 Å². The van der Waals surface area contributed by atoms with Gasteiger partial charge in [0.2, 0.25) is 5.91 Å². The minimum atomic E-state index is 0.208. The molecule has 140 valence electrons. The van der Waals surface area contributed by atoms with Crippen molar-refractivity contribution in [3.05, 3.63) is 47.8 Å². The van der Waals surface area contributed by atoms with Crippen molar-refractivity contribution in [1.82, 2.24) is 9.80 Å². The average Bonchev–Trinajstić information content (AvgIpc) is 3.05. The van der Waals surface area contributed by atoms with Crippen molar-refractivity contribution in [2.24, 2.45) is 0 Å². The fourth-order valence-electron chi connectivity index (χ4n) is 4.00. The van der Waals surface area contributed by atoms with Crippen molar-refractivity contribution in [2.75, 3.05) is 6.54 Å². The molecule has 0 atom stereocenters. The molecule has 2 aromatic heterocycles. The highest BCUT2D eigenvalue weighted by molar-refractivity contribution is 5.79. The van der Waals surface area contributed by atoms with Crippen LogP contribution in [0.3, 0.4) is 0 Å². The molecule has 2 heterocycles. The number of furan rings is 2. The van der Waals surface area contributed by atoms with Gasteiger partial charge in [-0.1, -0.05) is 12.8 Å². The third kappa shape index (κ3) is 4.21. The number of hydrogen-bond acceptors (Lipinski definition) is 4. The van der Waals surface area contributed by atoms with Gasteiger partial charge in [0, 0.05) is 12.1 Å². The van der Waals surface area contributed by atoms with E-state index < -0.39 is 0 Å². The Bertz CT molecular complexity index is 711. The minimum absolute atomic E-state index is 0.208. The van der Waals surface area contributed by atoms with Crippen molar-refractivity contribution in [1.29, 1.82) is 0 Å². The lowest BCUT2D eigenvalue weighted by atomic mass is 10.2. The van der Waals surface area contributed by atoms with E-state index in [4.69, 9.17) is 8.83 Å². The maximum atomic E-state index is 13.1. The largest absolute Gasteiger partial charge is 0.468 e.